The Morgan fingerprint density at radius 1 is 1.43 bits per heavy atom. The van der Waals surface area contributed by atoms with Gasteiger partial charge in [-0.05, 0) is 37.5 Å². The van der Waals surface area contributed by atoms with Gasteiger partial charge in [-0.15, -0.1) is 0 Å². The zero-order chi connectivity index (χ0) is 20.5. The van der Waals surface area contributed by atoms with Crippen LogP contribution >= 0.6 is 0 Å². The molecule has 0 aliphatic carbocycles. The van der Waals surface area contributed by atoms with Crippen LogP contribution in [0.25, 0.3) is 0 Å². The Hall–Kier alpha value is -3.07. The molecule has 0 saturated carbocycles. The van der Waals surface area contributed by atoms with Gasteiger partial charge in [0.25, 0.3) is 11.5 Å². The van der Waals surface area contributed by atoms with Gasteiger partial charge in [0.05, 0.1) is 6.10 Å². The van der Waals surface area contributed by atoms with Crippen LogP contribution in [0.15, 0.2) is 35.3 Å². The number of benzene rings is 1. The van der Waals surface area contributed by atoms with Crippen molar-refractivity contribution in [2.24, 2.45) is 5.41 Å². The van der Waals surface area contributed by atoms with Crippen LogP contribution in [0.2, 0.25) is 0 Å². The molecule has 2 aromatic rings. The molecular formula is C19H20FN3O5. The van der Waals surface area contributed by atoms with Gasteiger partial charge in [-0.2, -0.15) is 0 Å². The van der Waals surface area contributed by atoms with Crippen LogP contribution in [0.1, 0.15) is 28.2 Å². The molecule has 0 spiro atoms. The number of aliphatic hydroxyl groups excluding tert-OH is 1. The minimum absolute atomic E-state index is 0.0184. The van der Waals surface area contributed by atoms with Crippen molar-refractivity contribution in [1.29, 1.82) is 0 Å². The number of nitrogens with zero attached hydrogens (tertiary/aromatic N) is 2. The van der Waals surface area contributed by atoms with Crippen molar-refractivity contribution in [3.05, 3.63) is 63.6 Å². The van der Waals surface area contributed by atoms with Gasteiger partial charge in [0.15, 0.2) is 0 Å². The van der Waals surface area contributed by atoms with Gasteiger partial charge in [-0.25, -0.2) is 9.37 Å². The zero-order valence-corrected chi connectivity index (χ0v) is 15.2. The molecular weight excluding hydrogens is 369 g/mol. The summed E-state index contributed by atoms with van der Waals surface area (Å²) in [5.41, 5.74) is -2.14. The number of hydrogen-bond acceptors (Lipinski definition) is 5. The van der Waals surface area contributed by atoms with Crippen LogP contribution in [0.4, 0.5) is 4.39 Å². The third-order valence-electron chi connectivity index (χ3n) is 5.06. The number of rotatable bonds is 4. The second kappa shape index (κ2) is 7.51. The second-order valence-electron chi connectivity index (χ2n) is 7.01. The minimum Gasteiger partial charge on any atom is -0.481 e. The van der Waals surface area contributed by atoms with Crippen LogP contribution < -0.4 is 5.56 Å². The zero-order valence-electron chi connectivity index (χ0n) is 15.2. The number of carbonyl (C=O) groups excluding carboxylic acids is 1. The Kier molecular flexibility index (Phi) is 5.28. The van der Waals surface area contributed by atoms with Crippen LogP contribution in [0.3, 0.4) is 0 Å². The van der Waals surface area contributed by atoms with E-state index in [0.717, 1.165) is 6.20 Å². The van der Waals surface area contributed by atoms with E-state index in [4.69, 9.17) is 0 Å². The number of hydrogen-bond donors (Lipinski definition) is 3. The number of carbonyl (C=O) groups is 2. The van der Waals surface area contributed by atoms with Crippen molar-refractivity contribution in [2.75, 3.05) is 13.1 Å². The smallest absolute Gasteiger partial charge is 0.314 e. The molecule has 2 heterocycles. The van der Waals surface area contributed by atoms with E-state index in [9.17, 15) is 29.0 Å². The number of aliphatic carboxylic acids is 1. The number of aromatic nitrogens is 2. The van der Waals surface area contributed by atoms with Crippen molar-refractivity contribution in [2.45, 2.75) is 25.9 Å². The summed E-state index contributed by atoms with van der Waals surface area (Å²) in [6.45, 7) is 1.35. The minimum atomic E-state index is -1.72. The van der Waals surface area contributed by atoms with Gasteiger partial charge >= 0.3 is 5.97 Å². The lowest BCUT2D eigenvalue weighted by molar-refractivity contribution is -0.161. The van der Waals surface area contributed by atoms with E-state index < -0.39 is 34.8 Å². The van der Waals surface area contributed by atoms with Crippen LogP contribution in [-0.4, -0.2) is 56.2 Å². The molecule has 1 aliphatic rings. The fraction of sp³-hybridized carbons (Fsp3) is 0.368. The highest BCUT2D eigenvalue weighted by Gasteiger charge is 2.50. The quantitative estimate of drug-likeness (QED) is 0.709. The Labute approximate surface area is 159 Å². The maximum absolute atomic E-state index is 13.5. The van der Waals surface area contributed by atoms with Crippen molar-refractivity contribution in [3.8, 4) is 0 Å². The van der Waals surface area contributed by atoms with E-state index >= 15 is 0 Å². The summed E-state index contributed by atoms with van der Waals surface area (Å²) in [6, 6.07) is 5.46. The number of nitrogens with one attached hydrogen (secondary N) is 1. The lowest BCUT2D eigenvalue weighted by Crippen LogP contribution is -2.58. The van der Waals surface area contributed by atoms with Gasteiger partial charge in [-0.1, -0.05) is 12.1 Å². The standard InChI is InChI=1S/C19H20FN3O5/c1-11-21-9-14(16(25)22-11)17(26)23-6-5-15(24)19(10-23,18(27)28)8-12-3-2-4-13(20)7-12/h2-4,7,9,15,24H,5-6,8,10H2,1H3,(H,27,28)(H,21,22,25)/t15-,19+/m0/s1. The van der Waals surface area contributed by atoms with Gasteiger partial charge in [0.1, 0.15) is 22.6 Å². The molecule has 1 fully saturated rings. The number of carboxylic acids is 1. The predicted octanol–water partition coefficient (Wildman–Crippen LogP) is 0.738. The summed E-state index contributed by atoms with van der Waals surface area (Å²) in [6.07, 6.45) is -0.221. The third kappa shape index (κ3) is 3.65. The Balaban J connectivity index is 1.93. The van der Waals surface area contributed by atoms with E-state index in [0.29, 0.717) is 11.4 Å². The molecule has 1 saturated heterocycles. The largest absolute Gasteiger partial charge is 0.481 e. The molecule has 2 atom stereocenters. The first-order chi connectivity index (χ1) is 13.2. The number of carboxylic acid groups (broad SMARTS) is 1. The Bertz CT molecular complexity index is 976. The molecule has 8 nitrogen and oxygen atoms in total. The van der Waals surface area contributed by atoms with Crippen molar-refractivity contribution in [3.63, 3.8) is 0 Å². The van der Waals surface area contributed by atoms with Gasteiger partial charge in [-0.3, -0.25) is 14.4 Å². The summed E-state index contributed by atoms with van der Waals surface area (Å²) in [5, 5.41) is 20.4. The number of aryl methyl sites for hydroxylation is 1. The SMILES string of the molecule is Cc1ncc(C(=O)N2CC[C@H](O)[C@](Cc3cccc(F)c3)(C(=O)O)C2)c(=O)[nH]1. The molecule has 28 heavy (non-hydrogen) atoms. The summed E-state index contributed by atoms with van der Waals surface area (Å²) in [7, 11) is 0. The molecule has 1 aromatic carbocycles. The Morgan fingerprint density at radius 3 is 2.82 bits per heavy atom. The average molecular weight is 389 g/mol. The van der Waals surface area contributed by atoms with Gasteiger partial charge < -0.3 is 20.1 Å². The maximum atomic E-state index is 13.5. The molecule has 0 bridgehead atoms. The first-order valence-electron chi connectivity index (χ1n) is 8.74. The molecule has 3 N–H and O–H groups in total. The van der Waals surface area contributed by atoms with E-state index in [1.165, 1.54) is 23.1 Å². The normalized spacial score (nSPS) is 22.1. The van der Waals surface area contributed by atoms with E-state index in [-0.39, 0.29) is 31.5 Å². The molecule has 1 aliphatic heterocycles. The maximum Gasteiger partial charge on any atom is 0.314 e. The monoisotopic (exact) mass is 389 g/mol. The van der Waals surface area contributed by atoms with Crippen molar-refractivity contribution in [1.82, 2.24) is 14.9 Å². The van der Waals surface area contributed by atoms with Crippen molar-refractivity contribution >= 4 is 11.9 Å². The number of H-pyrrole nitrogens is 1. The number of aliphatic hydroxyl groups is 1. The first kappa shape index (κ1) is 19.7. The number of likely N-dealkylation sites (tertiary alicyclic amines) is 1. The lowest BCUT2D eigenvalue weighted by Gasteiger charge is -2.43. The highest BCUT2D eigenvalue weighted by Crippen LogP contribution is 2.35. The summed E-state index contributed by atoms with van der Waals surface area (Å²) in [4.78, 5) is 44.5. The van der Waals surface area contributed by atoms with E-state index in [2.05, 4.69) is 9.97 Å². The molecule has 0 radical (unpaired) electrons. The number of aromatic amines is 1. The predicted molar refractivity (Wildman–Crippen MR) is 96.3 cm³/mol. The van der Waals surface area contributed by atoms with E-state index in [1.54, 1.807) is 13.0 Å². The number of halogens is 1. The van der Waals surface area contributed by atoms with Crippen LogP contribution in [-0.2, 0) is 11.2 Å². The molecule has 0 unspecified atom stereocenters. The first-order valence-corrected chi connectivity index (χ1v) is 8.74. The molecule has 1 amide bonds. The molecule has 9 heteroatoms. The highest BCUT2D eigenvalue weighted by atomic mass is 19.1. The summed E-state index contributed by atoms with van der Waals surface area (Å²) in [5.74, 6) is -2.13. The van der Waals surface area contributed by atoms with Crippen LogP contribution in [0.5, 0.6) is 0 Å². The fourth-order valence-corrected chi connectivity index (χ4v) is 3.53. The average Bonchev–Trinajstić information content (AvgIpc) is 2.63. The highest BCUT2D eigenvalue weighted by molar-refractivity contribution is 5.94. The van der Waals surface area contributed by atoms with Gasteiger partial charge in [0, 0.05) is 19.3 Å². The van der Waals surface area contributed by atoms with Gasteiger partial charge in [0.2, 0.25) is 0 Å². The molecule has 148 valence electrons. The van der Waals surface area contributed by atoms with Crippen LogP contribution in [0, 0.1) is 18.2 Å². The molecule has 3 rings (SSSR count). The topological polar surface area (TPSA) is 124 Å². The third-order valence-corrected chi connectivity index (χ3v) is 5.06. The number of piperidine rings is 1. The van der Waals surface area contributed by atoms with Crippen molar-refractivity contribution < 1.29 is 24.2 Å². The fourth-order valence-electron chi connectivity index (χ4n) is 3.53. The summed E-state index contributed by atoms with van der Waals surface area (Å²) < 4.78 is 13.5. The second-order valence-corrected chi connectivity index (χ2v) is 7.01. The van der Waals surface area contributed by atoms with E-state index in [1.807, 2.05) is 0 Å². The summed E-state index contributed by atoms with van der Waals surface area (Å²) >= 11 is 0. The Morgan fingerprint density at radius 2 is 2.18 bits per heavy atom. The lowest BCUT2D eigenvalue weighted by atomic mass is 9.72. The molecule has 1 aromatic heterocycles. The number of amides is 1.